The second-order valence-corrected chi connectivity index (χ2v) is 6.15. The molecule has 0 spiro atoms. The van der Waals surface area contributed by atoms with Gasteiger partial charge in [0.2, 0.25) is 5.91 Å². The average molecular weight is 317 g/mol. The van der Waals surface area contributed by atoms with E-state index in [4.69, 9.17) is 4.74 Å². The number of carbonyl (C=O) groups is 1. The summed E-state index contributed by atoms with van der Waals surface area (Å²) in [5.74, 6) is 1.09. The van der Waals surface area contributed by atoms with E-state index < -0.39 is 0 Å². The molecule has 0 aromatic heterocycles. The lowest BCUT2D eigenvalue weighted by atomic mass is 10.1. The Labute approximate surface area is 133 Å². The van der Waals surface area contributed by atoms with Crippen molar-refractivity contribution in [1.29, 1.82) is 0 Å². The smallest absolute Gasteiger partial charge is 0.234 e. The molecule has 0 radical (unpaired) electrons. The van der Waals surface area contributed by atoms with Crippen LogP contribution in [0, 0.1) is 5.82 Å². The van der Waals surface area contributed by atoms with Gasteiger partial charge >= 0.3 is 0 Å². The molecule has 22 heavy (non-hydrogen) atoms. The molecule has 114 valence electrons. The van der Waals surface area contributed by atoms with Crippen LogP contribution in [0.1, 0.15) is 16.5 Å². The summed E-state index contributed by atoms with van der Waals surface area (Å²) in [6.45, 7) is 0.540. The van der Waals surface area contributed by atoms with Crippen LogP contribution in [0.25, 0.3) is 0 Å². The van der Waals surface area contributed by atoms with Crippen molar-refractivity contribution < 1.29 is 13.9 Å². The van der Waals surface area contributed by atoms with Crippen LogP contribution in [0.2, 0.25) is 0 Å². The average Bonchev–Trinajstić information content (AvgIpc) is 2.90. The van der Waals surface area contributed by atoms with Gasteiger partial charge in [0.05, 0.1) is 12.9 Å². The standard InChI is InChI=1S/C17H16FNO2S/c1-21-15-8-2-12(3-9-15)10-19-16(20)11-22-17(19)13-4-6-14(18)7-5-13/h2-9,17H,10-11H2,1H3. The normalized spacial score (nSPS) is 17.8. The van der Waals surface area contributed by atoms with E-state index in [-0.39, 0.29) is 17.1 Å². The molecular weight excluding hydrogens is 301 g/mol. The van der Waals surface area contributed by atoms with Gasteiger partial charge in [-0.05, 0) is 35.4 Å². The van der Waals surface area contributed by atoms with Crippen molar-refractivity contribution in [3.8, 4) is 5.75 Å². The summed E-state index contributed by atoms with van der Waals surface area (Å²) in [4.78, 5) is 14.0. The fraction of sp³-hybridized carbons (Fsp3) is 0.235. The monoisotopic (exact) mass is 317 g/mol. The first-order valence-electron chi connectivity index (χ1n) is 6.97. The van der Waals surface area contributed by atoms with Gasteiger partial charge in [0.1, 0.15) is 16.9 Å². The predicted octanol–water partition coefficient (Wildman–Crippen LogP) is 3.61. The molecule has 1 atom stereocenters. The maximum atomic E-state index is 13.1. The number of carbonyl (C=O) groups excluding carboxylic acids is 1. The molecule has 1 saturated heterocycles. The van der Waals surface area contributed by atoms with Gasteiger partial charge in [-0.3, -0.25) is 4.79 Å². The first-order chi connectivity index (χ1) is 10.7. The molecule has 1 unspecified atom stereocenters. The molecule has 0 aliphatic carbocycles. The third-order valence-electron chi connectivity index (χ3n) is 3.64. The zero-order valence-electron chi connectivity index (χ0n) is 12.2. The van der Waals surface area contributed by atoms with Gasteiger partial charge in [-0.2, -0.15) is 0 Å². The number of hydrogen-bond acceptors (Lipinski definition) is 3. The topological polar surface area (TPSA) is 29.5 Å². The maximum Gasteiger partial charge on any atom is 0.234 e. The SMILES string of the molecule is COc1ccc(CN2C(=O)CSC2c2ccc(F)cc2)cc1. The van der Waals surface area contributed by atoms with Crippen molar-refractivity contribution in [2.24, 2.45) is 0 Å². The third kappa shape index (κ3) is 3.09. The highest BCUT2D eigenvalue weighted by molar-refractivity contribution is 8.00. The molecule has 3 rings (SSSR count). The molecule has 1 fully saturated rings. The van der Waals surface area contributed by atoms with Crippen LogP contribution in [0.3, 0.4) is 0 Å². The quantitative estimate of drug-likeness (QED) is 0.863. The second-order valence-electron chi connectivity index (χ2n) is 5.08. The number of methoxy groups -OCH3 is 1. The van der Waals surface area contributed by atoms with E-state index in [1.54, 1.807) is 31.0 Å². The zero-order valence-corrected chi connectivity index (χ0v) is 13.0. The lowest BCUT2D eigenvalue weighted by Crippen LogP contribution is -2.27. The van der Waals surface area contributed by atoms with Crippen molar-refractivity contribution in [3.63, 3.8) is 0 Å². The minimum Gasteiger partial charge on any atom is -0.497 e. The zero-order chi connectivity index (χ0) is 15.5. The van der Waals surface area contributed by atoms with Crippen LogP contribution in [-0.2, 0) is 11.3 Å². The molecule has 1 aliphatic heterocycles. The summed E-state index contributed by atoms with van der Waals surface area (Å²) in [5, 5.41) is -0.0600. The van der Waals surface area contributed by atoms with E-state index in [1.165, 1.54) is 12.1 Å². The fourth-order valence-corrected chi connectivity index (χ4v) is 3.64. The van der Waals surface area contributed by atoms with Gasteiger partial charge in [0.15, 0.2) is 0 Å². The van der Waals surface area contributed by atoms with Crippen molar-refractivity contribution in [2.75, 3.05) is 12.9 Å². The lowest BCUT2D eigenvalue weighted by molar-refractivity contribution is -0.128. The van der Waals surface area contributed by atoms with Crippen LogP contribution in [0.15, 0.2) is 48.5 Å². The number of hydrogen-bond donors (Lipinski definition) is 0. The first-order valence-corrected chi connectivity index (χ1v) is 8.02. The molecule has 1 amide bonds. The number of nitrogens with zero attached hydrogens (tertiary/aromatic N) is 1. The first kappa shape index (κ1) is 14.9. The molecule has 0 N–H and O–H groups in total. The minimum atomic E-state index is -0.264. The predicted molar refractivity (Wildman–Crippen MR) is 85.1 cm³/mol. The van der Waals surface area contributed by atoms with Crippen LogP contribution in [-0.4, -0.2) is 23.7 Å². The summed E-state index contributed by atoms with van der Waals surface area (Å²) < 4.78 is 18.2. The highest BCUT2D eigenvalue weighted by Gasteiger charge is 2.32. The molecule has 3 nitrogen and oxygen atoms in total. The molecule has 2 aromatic rings. The van der Waals surface area contributed by atoms with Gasteiger partial charge in [0.25, 0.3) is 0 Å². The van der Waals surface area contributed by atoms with Crippen molar-refractivity contribution >= 4 is 17.7 Å². The van der Waals surface area contributed by atoms with Crippen molar-refractivity contribution in [1.82, 2.24) is 4.90 Å². The molecule has 1 aliphatic rings. The Hall–Kier alpha value is -2.01. The van der Waals surface area contributed by atoms with E-state index in [9.17, 15) is 9.18 Å². The number of thioether (sulfide) groups is 1. The summed E-state index contributed by atoms with van der Waals surface area (Å²) in [6.07, 6.45) is 0. The highest BCUT2D eigenvalue weighted by atomic mass is 32.2. The molecule has 1 heterocycles. The molecule has 0 bridgehead atoms. The Morgan fingerprint density at radius 3 is 2.50 bits per heavy atom. The fourth-order valence-electron chi connectivity index (χ4n) is 2.46. The van der Waals surface area contributed by atoms with Crippen molar-refractivity contribution in [3.05, 3.63) is 65.5 Å². The Morgan fingerprint density at radius 2 is 1.86 bits per heavy atom. The molecule has 2 aromatic carbocycles. The van der Waals surface area contributed by atoms with E-state index in [0.717, 1.165) is 16.9 Å². The van der Waals surface area contributed by atoms with E-state index in [1.807, 2.05) is 29.2 Å². The number of benzene rings is 2. The van der Waals surface area contributed by atoms with Gasteiger partial charge in [0, 0.05) is 6.54 Å². The Balaban J connectivity index is 1.79. The minimum absolute atomic E-state index is 0.0600. The number of rotatable bonds is 4. The van der Waals surface area contributed by atoms with Gasteiger partial charge < -0.3 is 9.64 Å². The number of amides is 1. The van der Waals surface area contributed by atoms with E-state index in [2.05, 4.69) is 0 Å². The second kappa shape index (κ2) is 6.40. The summed E-state index contributed by atoms with van der Waals surface area (Å²) in [6, 6.07) is 14.0. The van der Waals surface area contributed by atoms with Crippen LogP contribution in [0.5, 0.6) is 5.75 Å². The molecular formula is C17H16FNO2S. The summed E-state index contributed by atoms with van der Waals surface area (Å²) in [5.41, 5.74) is 1.99. The number of halogens is 1. The highest BCUT2D eigenvalue weighted by Crippen LogP contribution is 2.39. The molecule has 0 saturated carbocycles. The number of ether oxygens (including phenoxy) is 1. The van der Waals surface area contributed by atoms with Crippen LogP contribution in [0.4, 0.5) is 4.39 Å². The Morgan fingerprint density at radius 1 is 1.18 bits per heavy atom. The Kier molecular flexibility index (Phi) is 4.34. The summed E-state index contributed by atoms with van der Waals surface area (Å²) >= 11 is 1.57. The van der Waals surface area contributed by atoms with Crippen LogP contribution >= 0.6 is 11.8 Å². The van der Waals surface area contributed by atoms with E-state index >= 15 is 0 Å². The third-order valence-corrected chi connectivity index (χ3v) is 4.89. The molecule has 5 heteroatoms. The van der Waals surface area contributed by atoms with Crippen molar-refractivity contribution in [2.45, 2.75) is 11.9 Å². The summed E-state index contributed by atoms with van der Waals surface area (Å²) in [7, 11) is 1.63. The van der Waals surface area contributed by atoms with Gasteiger partial charge in [-0.25, -0.2) is 4.39 Å². The maximum absolute atomic E-state index is 13.1. The van der Waals surface area contributed by atoms with Gasteiger partial charge in [-0.1, -0.05) is 24.3 Å². The van der Waals surface area contributed by atoms with Crippen LogP contribution < -0.4 is 4.74 Å². The largest absolute Gasteiger partial charge is 0.497 e. The van der Waals surface area contributed by atoms with E-state index in [0.29, 0.717) is 12.3 Å². The lowest BCUT2D eigenvalue weighted by Gasteiger charge is -2.24. The Bertz CT molecular complexity index is 657. The van der Waals surface area contributed by atoms with Gasteiger partial charge in [-0.15, -0.1) is 11.8 Å².